The first-order valence-electron chi connectivity index (χ1n) is 7.20. The molecule has 4 heteroatoms. The zero-order valence-corrected chi connectivity index (χ0v) is 13.1. The Bertz CT molecular complexity index is 698. The Morgan fingerprint density at radius 1 is 1.10 bits per heavy atom. The predicted octanol–water partition coefficient (Wildman–Crippen LogP) is 2.66. The first-order chi connectivity index (χ1) is 10.1. The third-order valence-electron chi connectivity index (χ3n) is 4.11. The third-order valence-corrected chi connectivity index (χ3v) is 4.11. The van der Waals surface area contributed by atoms with E-state index < -0.39 is 0 Å². The summed E-state index contributed by atoms with van der Waals surface area (Å²) in [4.78, 5) is 15.9. The summed E-state index contributed by atoms with van der Waals surface area (Å²) in [6.45, 7) is 0.911. The second-order valence-electron chi connectivity index (χ2n) is 5.90. The molecule has 2 heterocycles. The number of carbonyl (C=O) groups is 1. The SMILES string of the molecule is CN(C)c1c(C=O)c2n(c1N(C)C)CCc1ccccc1-2. The average molecular weight is 283 g/mol. The molecule has 0 atom stereocenters. The van der Waals surface area contributed by atoms with Crippen molar-refractivity contribution >= 4 is 17.8 Å². The minimum absolute atomic E-state index is 0.788. The van der Waals surface area contributed by atoms with Crippen molar-refractivity contribution in [1.82, 2.24) is 4.57 Å². The molecule has 0 fully saturated rings. The van der Waals surface area contributed by atoms with Crippen molar-refractivity contribution in [3.05, 3.63) is 35.4 Å². The number of hydrogen-bond acceptors (Lipinski definition) is 3. The van der Waals surface area contributed by atoms with Crippen molar-refractivity contribution in [1.29, 1.82) is 0 Å². The monoisotopic (exact) mass is 283 g/mol. The standard InChI is InChI=1S/C17H21N3O/c1-18(2)16-14(11-21)15-13-8-6-5-7-12(13)9-10-20(15)17(16)19(3)4/h5-8,11H,9-10H2,1-4H3. The number of hydrogen-bond donors (Lipinski definition) is 0. The van der Waals surface area contributed by atoms with Crippen LogP contribution in [0.1, 0.15) is 15.9 Å². The van der Waals surface area contributed by atoms with E-state index in [4.69, 9.17) is 0 Å². The molecule has 110 valence electrons. The van der Waals surface area contributed by atoms with Crippen LogP contribution < -0.4 is 9.80 Å². The van der Waals surface area contributed by atoms with Crippen LogP contribution in [0.25, 0.3) is 11.3 Å². The number of rotatable bonds is 3. The molecular formula is C17H21N3O. The Balaban J connectivity index is 2.39. The fourth-order valence-electron chi connectivity index (χ4n) is 3.33. The fourth-order valence-corrected chi connectivity index (χ4v) is 3.33. The van der Waals surface area contributed by atoms with E-state index in [0.717, 1.165) is 42.0 Å². The van der Waals surface area contributed by atoms with Crippen molar-refractivity contribution < 1.29 is 4.79 Å². The minimum atomic E-state index is 0.788. The molecule has 0 saturated heterocycles. The van der Waals surface area contributed by atoms with Crippen LogP contribution in [0.2, 0.25) is 0 Å². The smallest absolute Gasteiger partial charge is 0.154 e. The molecule has 21 heavy (non-hydrogen) atoms. The molecule has 0 unspecified atom stereocenters. The fraction of sp³-hybridized carbons (Fsp3) is 0.353. The largest absolute Gasteiger partial charge is 0.374 e. The van der Waals surface area contributed by atoms with E-state index >= 15 is 0 Å². The second kappa shape index (κ2) is 4.95. The quantitative estimate of drug-likeness (QED) is 0.811. The van der Waals surface area contributed by atoms with Gasteiger partial charge in [-0.1, -0.05) is 24.3 Å². The van der Waals surface area contributed by atoms with Gasteiger partial charge in [-0.05, 0) is 12.0 Å². The zero-order valence-electron chi connectivity index (χ0n) is 13.1. The normalized spacial score (nSPS) is 12.6. The van der Waals surface area contributed by atoms with Gasteiger partial charge >= 0.3 is 0 Å². The molecule has 0 radical (unpaired) electrons. The number of aryl methyl sites for hydroxylation is 1. The molecule has 1 aliphatic heterocycles. The maximum Gasteiger partial charge on any atom is 0.154 e. The number of benzene rings is 1. The molecule has 0 bridgehead atoms. The third kappa shape index (κ3) is 1.94. The number of anilines is 2. The van der Waals surface area contributed by atoms with E-state index in [-0.39, 0.29) is 0 Å². The van der Waals surface area contributed by atoms with Crippen molar-refractivity contribution in [3.63, 3.8) is 0 Å². The Hall–Kier alpha value is -2.23. The molecule has 0 spiro atoms. The molecule has 0 amide bonds. The Labute approximate surface area is 125 Å². The summed E-state index contributed by atoms with van der Waals surface area (Å²) in [5, 5.41) is 0. The highest BCUT2D eigenvalue weighted by molar-refractivity contribution is 6.00. The van der Waals surface area contributed by atoms with Gasteiger partial charge in [0.2, 0.25) is 0 Å². The molecule has 1 aromatic heterocycles. The van der Waals surface area contributed by atoms with Gasteiger partial charge < -0.3 is 14.4 Å². The lowest BCUT2D eigenvalue weighted by Gasteiger charge is -2.25. The summed E-state index contributed by atoms with van der Waals surface area (Å²) in [6, 6.07) is 8.38. The van der Waals surface area contributed by atoms with Gasteiger partial charge in [-0.25, -0.2) is 0 Å². The van der Waals surface area contributed by atoms with Crippen LogP contribution in [0.4, 0.5) is 11.5 Å². The highest BCUT2D eigenvalue weighted by Gasteiger charge is 2.29. The average Bonchev–Trinajstić information content (AvgIpc) is 2.82. The van der Waals surface area contributed by atoms with E-state index in [2.05, 4.69) is 27.7 Å². The van der Waals surface area contributed by atoms with Gasteiger partial charge in [0.05, 0.1) is 16.9 Å². The lowest BCUT2D eigenvalue weighted by molar-refractivity contribution is 0.112. The van der Waals surface area contributed by atoms with Gasteiger partial charge in [0.25, 0.3) is 0 Å². The molecule has 4 nitrogen and oxygen atoms in total. The van der Waals surface area contributed by atoms with Gasteiger partial charge in [-0.15, -0.1) is 0 Å². The van der Waals surface area contributed by atoms with Crippen molar-refractivity contribution in [2.45, 2.75) is 13.0 Å². The molecule has 0 saturated carbocycles. The van der Waals surface area contributed by atoms with Crippen LogP contribution in [0, 0.1) is 0 Å². The van der Waals surface area contributed by atoms with E-state index in [1.54, 1.807) is 0 Å². The lowest BCUT2D eigenvalue weighted by Crippen LogP contribution is -2.21. The van der Waals surface area contributed by atoms with Gasteiger partial charge in [-0.3, -0.25) is 4.79 Å². The summed E-state index contributed by atoms with van der Waals surface area (Å²) in [5.74, 6) is 1.10. The summed E-state index contributed by atoms with van der Waals surface area (Å²) >= 11 is 0. The van der Waals surface area contributed by atoms with Crippen LogP contribution in [0.5, 0.6) is 0 Å². The molecule has 0 aliphatic carbocycles. The van der Waals surface area contributed by atoms with Gasteiger partial charge in [0.1, 0.15) is 5.82 Å². The molecule has 0 N–H and O–H groups in total. The number of fused-ring (bicyclic) bond motifs is 3. The first-order valence-corrected chi connectivity index (χ1v) is 7.20. The van der Waals surface area contributed by atoms with Crippen molar-refractivity contribution in [2.24, 2.45) is 0 Å². The maximum absolute atomic E-state index is 11.8. The summed E-state index contributed by atoms with van der Waals surface area (Å²) in [7, 11) is 8.05. The van der Waals surface area contributed by atoms with Crippen LogP contribution in [0.3, 0.4) is 0 Å². The van der Waals surface area contributed by atoms with E-state index in [0.29, 0.717) is 0 Å². The van der Waals surface area contributed by atoms with Crippen LogP contribution in [0.15, 0.2) is 24.3 Å². The van der Waals surface area contributed by atoms with Crippen molar-refractivity contribution in [2.75, 3.05) is 38.0 Å². The lowest BCUT2D eigenvalue weighted by atomic mass is 9.96. The van der Waals surface area contributed by atoms with E-state index in [1.165, 1.54) is 11.1 Å². The van der Waals surface area contributed by atoms with Crippen molar-refractivity contribution in [3.8, 4) is 11.3 Å². The predicted molar refractivity (Wildman–Crippen MR) is 87.6 cm³/mol. The van der Waals surface area contributed by atoms with Crippen LogP contribution in [-0.4, -0.2) is 39.0 Å². The van der Waals surface area contributed by atoms with Gasteiger partial charge in [-0.2, -0.15) is 0 Å². The number of nitrogens with zero attached hydrogens (tertiary/aromatic N) is 3. The van der Waals surface area contributed by atoms with Crippen LogP contribution in [-0.2, 0) is 13.0 Å². The number of aldehydes is 1. The Morgan fingerprint density at radius 2 is 1.81 bits per heavy atom. The molecule has 1 aliphatic rings. The highest BCUT2D eigenvalue weighted by Crippen LogP contribution is 2.44. The number of aromatic nitrogens is 1. The van der Waals surface area contributed by atoms with Crippen LogP contribution >= 0.6 is 0 Å². The zero-order chi connectivity index (χ0) is 15.1. The minimum Gasteiger partial charge on any atom is -0.374 e. The first kappa shape index (κ1) is 13.7. The molecule has 1 aromatic carbocycles. The Kier molecular flexibility index (Phi) is 3.24. The summed E-state index contributed by atoms with van der Waals surface area (Å²) < 4.78 is 2.28. The maximum atomic E-state index is 11.8. The Morgan fingerprint density at radius 3 is 2.43 bits per heavy atom. The topological polar surface area (TPSA) is 28.5 Å². The summed E-state index contributed by atoms with van der Waals surface area (Å²) in [6.07, 6.45) is 2.00. The molecular weight excluding hydrogens is 262 g/mol. The van der Waals surface area contributed by atoms with E-state index in [1.807, 2.05) is 39.2 Å². The van der Waals surface area contributed by atoms with Gasteiger partial charge in [0, 0.05) is 40.3 Å². The highest BCUT2D eigenvalue weighted by atomic mass is 16.1. The second-order valence-corrected chi connectivity index (χ2v) is 5.90. The molecule has 3 rings (SSSR count). The van der Waals surface area contributed by atoms with Gasteiger partial charge in [0.15, 0.2) is 6.29 Å². The summed E-state index contributed by atoms with van der Waals surface area (Å²) in [5.41, 5.74) is 5.35. The van der Waals surface area contributed by atoms with E-state index in [9.17, 15) is 4.79 Å². The molecule has 2 aromatic rings. The number of carbonyl (C=O) groups excluding carboxylic acids is 1.